The Labute approximate surface area is 161 Å². The van der Waals surface area contributed by atoms with Crippen LogP contribution in [0.15, 0.2) is 18.2 Å². The van der Waals surface area contributed by atoms with E-state index in [1.807, 2.05) is 0 Å². The summed E-state index contributed by atoms with van der Waals surface area (Å²) in [5.41, 5.74) is 0.775. The Morgan fingerprint density at radius 1 is 1.31 bits per heavy atom. The smallest absolute Gasteiger partial charge is 0.290 e. The topological polar surface area (TPSA) is 89.9 Å². The number of benzene rings is 1. The van der Waals surface area contributed by atoms with Gasteiger partial charge < -0.3 is 20.2 Å². The third kappa shape index (κ3) is 4.94. The van der Waals surface area contributed by atoms with Gasteiger partial charge in [-0.15, -0.1) is 0 Å². The highest BCUT2D eigenvalue weighted by molar-refractivity contribution is 6.42. The van der Waals surface area contributed by atoms with E-state index in [9.17, 15) is 14.4 Å². The summed E-state index contributed by atoms with van der Waals surface area (Å²) in [6.45, 7) is 1.48. The fourth-order valence-electron chi connectivity index (χ4n) is 2.75. The zero-order valence-electron chi connectivity index (χ0n) is 14.4. The lowest BCUT2D eigenvalue weighted by molar-refractivity contribution is -0.144. The number of aliphatic hydroxyl groups is 1. The highest BCUT2D eigenvalue weighted by Gasteiger charge is 2.43. The van der Waals surface area contributed by atoms with Crippen LogP contribution < -0.4 is 5.32 Å². The molecule has 1 atom stereocenters. The maximum Gasteiger partial charge on any atom is 0.290 e. The van der Waals surface area contributed by atoms with Gasteiger partial charge in [0.25, 0.3) is 5.91 Å². The van der Waals surface area contributed by atoms with E-state index in [-0.39, 0.29) is 19.7 Å². The molecule has 1 aromatic carbocycles. The largest absolute Gasteiger partial charge is 0.395 e. The molecule has 1 saturated heterocycles. The van der Waals surface area contributed by atoms with Crippen LogP contribution in [-0.4, -0.2) is 72.3 Å². The second-order valence-electron chi connectivity index (χ2n) is 6.08. The predicted octanol–water partition coefficient (Wildman–Crippen LogP) is 0.561. The molecule has 1 unspecified atom stereocenters. The van der Waals surface area contributed by atoms with Gasteiger partial charge in [0.15, 0.2) is 0 Å². The lowest BCUT2D eigenvalue weighted by atomic mass is 10.1. The first-order valence-electron chi connectivity index (χ1n) is 8.18. The van der Waals surface area contributed by atoms with E-state index in [0.29, 0.717) is 29.7 Å². The minimum atomic E-state index is -0.992. The summed E-state index contributed by atoms with van der Waals surface area (Å²) >= 11 is 11.9. The summed E-state index contributed by atoms with van der Waals surface area (Å²) < 4.78 is 0. The summed E-state index contributed by atoms with van der Waals surface area (Å²) in [6.07, 6.45) is 0. The van der Waals surface area contributed by atoms with Crippen molar-refractivity contribution in [3.05, 3.63) is 33.8 Å². The number of likely N-dealkylation sites (tertiary alicyclic amines) is 1. The maximum atomic E-state index is 12.6. The zero-order valence-corrected chi connectivity index (χ0v) is 15.9. The van der Waals surface area contributed by atoms with Gasteiger partial charge >= 0.3 is 0 Å². The highest BCUT2D eigenvalue weighted by atomic mass is 35.5. The number of ketones is 1. The van der Waals surface area contributed by atoms with Crippen molar-refractivity contribution in [2.24, 2.45) is 5.92 Å². The zero-order chi connectivity index (χ0) is 19.3. The van der Waals surface area contributed by atoms with Crippen LogP contribution in [0.25, 0.3) is 0 Å². The van der Waals surface area contributed by atoms with E-state index in [1.165, 1.54) is 9.80 Å². The number of nitrogens with zero attached hydrogens (tertiary/aromatic N) is 2. The van der Waals surface area contributed by atoms with E-state index < -0.39 is 23.5 Å². The number of hydrogen-bond donors (Lipinski definition) is 2. The average molecular weight is 402 g/mol. The standard InChI is InChI=1S/C17H21Cl2N3O4/c1-21(9-11-2-3-13(18)14(19)8-11)16(25)12-10-22(17(26)15(12)24)6-4-20-5-7-23/h2-3,8,12,20,23H,4-7,9-10H2,1H3. The molecule has 0 saturated carbocycles. The fraction of sp³-hybridized carbons (Fsp3) is 0.471. The van der Waals surface area contributed by atoms with Crippen LogP contribution in [0.3, 0.4) is 0 Å². The monoisotopic (exact) mass is 401 g/mol. The summed E-state index contributed by atoms with van der Waals surface area (Å²) in [6, 6.07) is 5.05. The highest BCUT2D eigenvalue weighted by Crippen LogP contribution is 2.24. The van der Waals surface area contributed by atoms with Crippen molar-refractivity contribution in [2.75, 3.05) is 39.8 Å². The molecule has 0 aromatic heterocycles. The molecular formula is C17H21Cl2N3O4. The number of nitrogens with one attached hydrogen (secondary N) is 1. The van der Waals surface area contributed by atoms with Crippen molar-refractivity contribution in [3.63, 3.8) is 0 Å². The van der Waals surface area contributed by atoms with Gasteiger partial charge in [0.2, 0.25) is 11.7 Å². The summed E-state index contributed by atoms with van der Waals surface area (Å²) in [4.78, 5) is 39.6. The fourth-order valence-corrected chi connectivity index (χ4v) is 3.07. The van der Waals surface area contributed by atoms with Crippen LogP contribution >= 0.6 is 23.2 Å². The van der Waals surface area contributed by atoms with Crippen molar-refractivity contribution in [2.45, 2.75) is 6.54 Å². The normalized spacial score (nSPS) is 17.1. The summed E-state index contributed by atoms with van der Waals surface area (Å²) in [5, 5.41) is 12.5. The first kappa shape index (κ1) is 20.6. The predicted molar refractivity (Wildman–Crippen MR) is 98.0 cm³/mol. The third-order valence-electron chi connectivity index (χ3n) is 4.14. The van der Waals surface area contributed by atoms with Gasteiger partial charge in [0, 0.05) is 39.8 Å². The van der Waals surface area contributed by atoms with E-state index in [0.717, 1.165) is 5.56 Å². The van der Waals surface area contributed by atoms with Crippen molar-refractivity contribution in [3.8, 4) is 0 Å². The molecule has 2 rings (SSSR count). The third-order valence-corrected chi connectivity index (χ3v) is 4.88. The molecule has 26 heavy (non-hydrogen) atoms. The number of rotatable bonds is 8. The van der Waals surface area contributed by atoms with E-state index in [2.05, 4.69) is 5.32 Å². The van der Waals surface area contributed by atoms with Crippen LogP contribution in [0, 0.1) is 5.92 Å². The van der Waals surface area contributed by atoms with Gasteiger partial charge in [-0.05, 0) is 17.7 Å². The van der Waals surface area contributed by atoms with E-state index >= 15 is 0 Å². The van der Waals surface area contributed by atoms with Crippen molar-refractivity contribution in [1.29, 1.82) is 0 Å². The first-order valence-corrected chi connectivity index (χ1v) is 8.94. The van der Waals surface area contributed by atoms with Gasteiger partial charge in [-0.3, -0.25) is 14.4 Å². The number of carbonyl (C=O) groups is 3. The summed E-state index contributed by atoms with van der Waals surface area (Å²) in [7, 11) is 1.58. The van der Waals surface area contributed by atoms with Crippen LogP contribution in [0.2, 0.25) is 10.0 Å². The van der Waals surface area contributed by atoms with Crippen LogP contribution in [0.5, 0.6) is 0 Å². The SMILES string of the molecule is CN(Cc1ccc(Cl)c(Cl)c1)C(=O)C1CN(CCNCCO)C(=O)C1=O. The van der Waals surface area contributed by atoms with Crippen LogP contribution in [0.4, 0.5) is 0 Å². The molecule has 2 N–H and O–H groups in total. The van der Waals surface area contributed by atoms with Crippen molar-refractivity contribution in [1.82, 2.24) is 15.1 Å². The molecule has 0 spiro atoms. The number of aliphatic hydroxyl groups excluding tert-OH is 1. The van der Waals surface area contributed by atoms with Gasteiger partial charge in [-0.1, -0.05) is 29.3 Å². The quantitative estimate of drug-likeness (QED) is 0.377. The number of hydrogen-bond acceptors (Lipinski definition) is 5. The molecular weight excluding hydrogens is 381 g/mol. The van der Waals surface area contributed by atoms with Crippen molar-refractivity contribution < 1.29 is 19.5 Å². The second-order valence-corrected chi connectivity index (χ2v) is 6.90. The molecule has 0 radical (unpaired) electrons. The second kappa shape index (κ2) is 9.32. The van der Waals surface area contributed by atoms with E-state index in [4.69, 9.17) is 28.3 Å². The molecule has 7 nitrogen and oxygen atoms in total. The first-order chi connectivity index (χ1) is 12.3. The minimum absolute atomic E-state index is 0.00645. The Kier molecular flexibility index (Phi) is 7.40. The molecule has 142 valence electrons. The molecule has 1 aromatic rings. The number of amides is 2. The Bertz CT molecular complexity index is 699. The maximum absolute atomic E-state index is 12.6. The Hall–Kier alpha value is -1.67. The molecule has 1 aliphatic rings. The molecule has 1 heterocycles. The average Bonchev–Trinajstić information content (AvgIpc) is 2.89. The lowest BCUT2D eigenvalue weighted by Gasteiger charge is -2.21. The van der Waals surface area contributed by atoms with Crippen LogP contribution in [0.1, 0.15) is 5.56 Å². The Morgan fingerprint density at radius 2 is 2.04 bits per heavy atom. The lowest BCUT2D eigenvalue weighted by Crippen LogP contribution is -2.37. The summed E-state index contributed by atoms with van der Waals surface area (Å²) in [5.74, 6) is -2.72. The Balaban J connectivity index is 1.96. The van der Waals surface area contributed by atoms with Crippen LogP contribution in [-0.2, 0) is 20.9 Å². The Morgan fingerprint density at radius 3 is 2.69 bits per heavy atom. The molecule has 9 heteroatoms. The minimum Gasteiger partial charge on any atom is -0.395 e. The number of Topliss-reactive ketones (excluding diaryl/α,β-unsaturated/α-hetero) is 1. The van der Waals surface area contributed by atoms with E-state index in [1.54, 1.807) is 25.2 Å². The molecule has 0 aliphatic carbocycles. The van der Waals surface area contributed by atoms with Gasteiger partial charge in [0.1, 0.15) is 5.92 Å². The number of halogens is 2. The molecule has 1 fully saturated rings. The molecule has 2 amide bonds. The number of carbonyl (C=O) groups excluding carboxylic acids is 3. The molecule has 1 aliphatic heterocycles. The van der Waals surface area contributed by atoms with Crippen molar-refractivity contribution >= 4 is 40.8 Å². The van der Waals surface area contributed by atoms with Gasteiger partial charge in [-0.2, -0.15) is 0 Å². The van der Waals surface area contributed by atoms with Gasteiger partial charge in [0.05, 0.1) is 16.7 Å². The molecule has 0 bridgehead atoms. The van der Waals surface area contributed by atoms with Gasteiger partial charge in [-0.25, -0.2) is 0 Å².